The van der Waals surface area contributed by atoms with Gasteiger partial charge in [-0.1, -0.05) is 19.9 Å². The molecule has 1 aromatic rings. The number of hydrogen-bond donors (Lipinski definition) is 2. The molecule has 0 radical (unpaired) electrons. The van der Waals surface area contributed by atoms with Crippen molar-refractivity contribution >= 4 is 0 Å². The minimum absolute atomic E-state index is 0.106. The third-order valence-corrected chi connectivity index (χ3v) is 3.33. The molecule has 0 amide bonds. The van der Waals surface area contributed by atoms with Crippen LogP contribution in [-0.2, 0) is 6.54 Å². The fourth-order valence-electron chi connectivity index (χ4n) is 1.98. The van der Waals surface area contributed by atoms with Crippen molar-refractivity contribution in [1.29, 1.82) is 0 Å². The zero-order valence-corrected chi connectivity index (χ0v) is 12.7. The molecule has 108 valence electrons. The van der Waals surface area contributed by atoms with Gasteiger partial charge in [-0.3, -0.25) is 0 Å². The van der Waals surface area contributed by atoms with Crippen molar-refractivity contribution in [2.75, 3.05) is 27.3 Å². The number of nitrogens with two attached hydrogens (primary N) is 1. The van der Waals surface area contributed by atoms with Gasteiger partial charge in [0.2, 0.25) is 0 Å². The Morgan fingerprint density at radius 2 is 1.89 bits per heavy atom. The lowest BCUT2D eigenvalue weighted by molar-refractivity contribution is 0.347. The first-order valence-electron chi connectivity index (χ1n) is 6.56. The van der Waals surface area contributed by atoms with Gasteiger partial charge < -0.3 is 20.5 Å². The van der Waals surface area contributed by atoms with Crippen molar-refractivity contribution in [3.8, 4) is 11.5 Å². The number of methoxy groups -OCH3 is 2. The Bertz CT molecular complexity index is 417. The zero-order valence-electron chi connectivity index (χ0n) is 12.7. The summed E-state index contributed by atoms with van der Waals surface area (Å²) in [6.45, 7) is 8.60. The van der Waals surface area contributed by atoms with Gasteiger partial charge in [0.05, 0.1) is 14.2 Å². The Kier molecular flexibility index (Phi) is 5.63. The summed E-state index contributed by atoms with van der Waals surface area (Å²) in [4.78, 5) is 0. The van der Waals surface area contributed by atoms with Crippen LogP contribution in [0.25, 0.3) is 0 Å². The second-order valence-corrected chi connectivity index (χ2v) is 5.56. The van der Waals surface area contributed by atoms with Gasteiger partial charge in [-0.2, -0.15) is 0 Å². The maximum absolute atomic E-state index is 5.72. The summed E-state index contributed by atoms with van der Waals surface area (Å²) in [5.41, 5.74) is 7.99. The number of benzene rings is 1. The summed E-state index contributed by atoms with van der Waals surface area (Å²) in [5, 5.41) is 3.43. The molecule has 0 aliphatic carbocycles. The zero-order chi connectivity index (χ0) is 14.5. The van der Waals surface area contributed by atoms with Crippen molar-refractivity contribution in [1.82, 2.24) is 5.32 Å². The molecule has 0 saturated heterocycles. The highest BCUT2D eigenvalue weighted by atomic mass is 16.5. The summed E-state index contributed by atoms with van der Waals surface area (Å²) in [6, 6.07) is 4.01. The molecule has 0 aliphatic heterocycles. The van der Waals surface area contributed by atoms with E-state index in [9.17, 15) is 0 Å². The van der Waals surface area contributed by atoms with E-state index in [-0.39, 0.29) is 5.41 Å². The maximum Gasteiger partial charge on any atom is 0.129 e. The second-order valence-electron chi connectivity index (χ2n) is 5.56. The van der Waals surface area contributed by atoms with Gasteiger partial charge in [0, 0.05) is 24.2 Å². The van der Waals surface area contributed by atoms with Gasteiger partial charge in [-0.05, 0) is 24.9 Å². The predicted molar refractivity (Wildman–Crippen MR) is 78.8 cm³/mol. The molecule has 4 nitrogen and oxygen atoms in total. The molecule has 0 unspecified atom stereocenters. The van der Waals surface area contributed by atoms with Gasteiger partial charge in [0.25, 0.3) is 0 Å². The summed E-state index contributed by atoms with van der Waals surface area (Å²) in [6.07, 6.45) is 0. The normalized spacial score (nSPS) is 11.5. The van der Waals surface area contributed by atoms with Crippen molar-refractivity contribution in [2.24, 2.45) is 11.1 Å². The number of rotatable bonds is 7. The standard InChI is InChI=1S/C15H26N2O2/c1-11-13(18-4)7-6-12(14(11)19-5)8-17-10-15(2,3)9-16/h6-7,17H,8-10,16H2,1-5H3. The molecule has 0 bridgehead atoms. The van der Waals surface area contributed by atoms with Crippen LogP contribution in [0.15, 0.2) is 12.1 Å². The summed E-state index contributed by atoms with van der Waals surface area (Å²) in [7, 11) is 3.36. The van der Waals surface area contributed by atoms with Crippen LogP contribution >= 0.6 is 0 Å². The van der Waals surface area contributed by atoms with Crippen LogP contribution in [0.5, 0.6) is 11.5 Å². The SMILES string of the molecule is COc1ccc(CNCC(C)(C)CN)c(OC)c1C. The van der Waals surface area contributed by atoms with Crippen molar-refractivity contribution in [2.45, 2.75) is 27.3 Å². The van der Waals surface area contributed by atoms with E-state index in [1.807, 2.05) is 19.1 Å². The lowest BCUT2D eigenvalue weighted by Crippen LogP contribution is -2.35. The molecule has 0 heterocycles. The fourth-order valence-corrected chi connectivity index (χ4v) is 1.98. The van der Waals surface area contributed by atoms with Gasteiger partial charge in [0.15, 0.2) is 0 Å². The van der Waals surface area contributed by atoms with Crippen molar-refractivity contribution < 1.29 is 9.47 Å². The molecular weight excluding hydrogens is 240 g/mol. The Balaban J connectivity index is 2.76. The third-order valence-electron chi connectivity index (χ3n) is 3.33. The lowest BCUT2D eigenvalue weighted by atomic mass is 9.94. The van der Waals surface area contributed by atoms with Gasteiger partial charge in [0.1, 0.15) is 11.5 Å². The highest BCUT2D eigenvalue weighted by molar-refractivity contribution is 5.49. The topological polar surface area (TPSA) is 56.5 Å². The molecule has 0 aromatic heterocycles. The first kappa shape index (κ1) is 15.8. The average molecular weight is 266 g/mol. The Hall–Kier alpha value is -1.26. The van der Waals surface area contributed by atoms with Crippen LogP contribution < -0.4 is 20.5 Å². The first-order chi connectivity index (χ1) is 8.95. The van der Waals surface area contributed by atoms with E-state index in [4.69, 9.17) is 15.2 Å². The van der Waals surface area contributed by atoms with E-state index in [1.165, 1.54) is 0 Å². The van der Waals surface area contributed by atoms with E-state index in [0.29, 0.717) is 6.54 Å². The van der Waals surface area contributed by atoms with E-state index in [0.717, 1.165) is 35.7 Å². The Morgan fingerprint density at radius 3 is 2.42 bits per heavy atom. The fraction of sp³-hybridized carbons (Fsp3) is 0.600. The van der Waals surface area contributed by atoms with Crippen molar-refractivity contribution in [3.05, 3.63) is 23.3 Å². The molecule has 0 aliphatic rings. The predicted octanol–water partition coefficient (Wildman–Crippen LogP) is 2.09. The Morgan fingerprint density at radius 1 is 1.21 bits per heavy atom. The molecule has 0 fully saturated rings. The number of ether oxygens (including phenoxy) is 2. The van der Waals surface area contributed by atoms with Gasteiger partial charge in [-0.25, -0.2) is 0 Å². The third kappa shape index (κ3) is 4.11. The maximum atomic E-state index is 5.72. The van der Waals surface area contributed by atoms with Gasteiger partial charge >= 0.3 is 0 Å². The van der Waals surface area contributed by atoms with E-state index >= 15 is 0 Å². The molecule has 4 heteroatoms. The quantitative estimate of drug-likeness (QED) is 0.793. The summed E-state index contributed by atoms with van der Waals surface area (Å²) < 4.78 is 10.8. The first-order valence-corrected chi connectivity index (χ1v) is 6.56. The average Bonchev–Trinajstić information content (AvgIpc) is 2.39. The molecule has 1 rings (SSSR count). The molecule has 0 atom stereocenters. The highest BCUT2D eigenvalue weighted by Gasteiger charge is 2.16. The van der Waals surface area contributed by atoms with Crippen LogP contribution in [0.3, 0.4) is 0 Å². The smallest absolute Gasteiger partial charge is 0.129 e. The second kappa shape index (κ2) is 6.78. The number of hydrogen-bond acceptors (Lipinski definition) is 4. The highest BCUT2D eigenvalue weighted by Crippen LogP contribution is 2.31. The monoisotopic (exact) mass is 266 g/mol. The van der Waals surface area contributed by atoms with E-state index < -0.39 is 0 Å². The summed E-state index contributed by atoms with van der Waals surface area (Å²) >= 11 is 0. The molecule has 1 aromatic carbocycles. The van der Waals surface area contributed by atoms with Crippen LogP contribution in [0, 0.1) is 12.3 Å². The van der Waals surface area contributed by atoms with Crippen LogP contribution in [0.4, 0.5) is 0 Å². The molecular formula is C15H26N2O2. The van der Waals surface area contributed by atoms with E-state index in [1.54, 1.807) is 14.2 Å². The molecule has 3 N–H and O–H groups in total. The van der Waals surface area contributed by atoms with Crippen LogP contribution in [0.2, 0.25) is 0 Å². The van der Waals surface area contributed by atoms with Crippen LogP contribution in [0.1, 0.15) is 25.0 Å². The molecule has 0 spiro atoms. The van der Waals surface area contributed by atoms with Gasteiger partial charge in [-0.15, -0.1) is 0 Å². The minimum Gasteiger partial charge on any atom is -0.496 e. The molecule has 0 saturated carbocycles. The summed E-state index contributed by atoms with van der Waals surface area (Å²) in [5.74, 6) is 1.74. The van der Waals surface area contributed by atoms with E-state index in [2.05, 4.69) is 19.2 Å². The molecule has 19 heavy (non-hydrogen) atoms. The Labute approximate surface area is 116 Å². The van der Waals surface area contributed by atoms with Crippen molar-refractivity contribution in [3.63, 3.8) is 0 Å². The van der Waals surface area contributed by atoms with Crippen LogP contribution in [-0.4, -0.2) is 27.3 Å². The number of nitrogens with one attached hydrogen (secondary N) is 1. The lowest BCUT2D eigenvalue weighted by Gasteiger charge is -2.23. The largest absolute Gasteiger partial charge is 0.496 e. The minimum atomic E-state index is 0.106.